The number of carboxylic acid groups (broad SMARTS) is 1. The number of thiazole rings is 1. The molecule has 172 valence electrons. The van der Waals surface area contributed by atoms with Crippen molar-refractivity contribution in [3.05, 3.63) is 30.3 Å². The summed E-state index contributed by atoms with van der Waals surface area (Å²) in [6.07, 6.45) is -1.02. The third kappa shape index (κ3) is 4.33. The Labute approximate surface area is 198 Å². The Balaban J connectivity index is 1.44. The first-order valence-corrected chi connectivity index (χ1v) is 12.1. The summed E-state index contributed by atoms with van der Waals surface area (Å²) in [6, 6.07) is 9.72. The molecule has 33 heavy (non-hydrogen) atoms. The summed E-state index contributed by atoms with van der Waals surface area (Å²) in [4.78, 5) is 20.8. The van der Waals surface area contributed by atoms with Gasteiger partial charge >= 0.3 is 6.09 Å². The summed E-state index contributed by atoms with van der Waals surface area (Å²) in [5.41, 5.74) is 0.841. The van der Waals surface area contributed by atoms with Crippen molar-refractivity contribution in [1.82, 2.24) is 24.8 Å². The number of amides is 1. The zero-order valence-corrected chi connectivity index (χ0v) is 20.1. The van der Waals surface area contributed by atoms with Crippen LogP contribution >= 0.6 is 23.1 Å². The SMILES string of the molecule is CC(C)(C)N(C(=O)O)c1nc2ccc(Sc3nnc4ccc(N5CCOCC5)nn34)cc2s1. The minimum atomic E-state index is -1.02. The van der Waals surface area contributed by atoms with E-state index in [9.17, 15) is 9.90 Å². The number of rotatable bonds is 4. The van der Waals surface area contributed by atoms with Crippen LogP contribution in [0.3, 0.4) is 0 Å². The number of anilines is 2. The molecule has 4 heterocycles. The minimum absolute atomic E-state index is 0.455. The van der Waals surface area contributed by atoms with Crippen molar-refractivity contribution >= 4 is 56.0 Å². The zero-order valence-electron chi connectivity index (χ0n) is 18.4. The molecular weight excluding hydrogens is 462 g/mol. The number of carbonyl (C=O) groups is 1. The monoisotopic (exact) mass is 485 g/mol. The first-order chi connectivity index (χ1) is 15.8. The summed E-state index contributed by atoms with van der Waals surface area (Å²) in [5.74, 6) is 0.867. The van der Waals surface area contributed by atoms with Crippen LogP contribution in [0.25, 0.3) is 15.9 Å². The number of aromatic nitrogens is 5. The molecule has 0 atom stereocenters. The lowest BCUT2D eigenvalue weighted by Gasteiger charge is -2.30. The summed E-state index contributed by atoms with van der Waals surface area (Å²) >= 11 is 2.81. The maximum Gasteiger partial charge on any atom is 0.414 e. The number of nitrogens with zero attached hydrogens (tertiary/aromatic N) is 7. The van der Waals surface area contributed by atoms with Gasteiger partial charge in [0.05, 0.1) is 23.4 Å². The normalized spacial score (nSPS) is 14.8. The standard InChI is InChI=1S/C21H23N7O3S2/c1-21(2,3)27(20(29)30)18-22-14-5-4-13(12-15(14)33-18)32-19-24-23-16-6-7-17(25-28(16)19)26-8-10-31-11-9-26/h4-7,12H,8-11H2,1-3H3,(H,29,30). The molecule has 5 rings (SSSR count). The van der Waals surface area contributed by atoms with E-state index < -0.39 is 11.6 Å². The quantitative estimate of drug-likeness (QED) is 0.458. The van der Waals surface area contributed by atoms with Gasteiger partial charge in [0.2, 0.25) is 5.16 Å². The lowest BCUT2D eigenvalue weighted by Crippen LogP contribution is -2.45. The molecule has 1 saturated heterocycles. The van der Waals surface area contributed by atoms with Crippen LogP contribution < -0.4 is 9.80 Å². The van der Waals surface area contributed by atoms with E-state index in [4.69, 9.17) is 9.84 Å². The number of ether oxygens (including phenoxy) is 1. The third-order valence-corrected chi connectivity index (χ3v) is 7.10. The Morgan fingerprint density at radius 2 is 1.97 bits per heavy atom. The van der Waals surface area contributed by atoms with Crippen molar-refractivity contribution in [2.45, 2.75) is 36.4 Å². The van der Waals surface area contributed by atoms with Crippen molar-refractivity contribution in [3.8, 4) is 0 Å². The number of hydrogen-bond donors (Lipinski definition) is 1. The molecule has 4 aromatic rings. The average molecular weight is 486 g/mol. The maximum absolute atomic E-state index is 11.8. The second kappa shape index (κ2) is 8.43. The van der Waals surface area contributed by atoms with Crippen molar-refractivity contribution in [3.63, 3.8) is 0 Å². The highest BCUT2D eigenvalue weighted by Gasteiger charge is 2.30. The molecule has 10 nitrogen and oxygen atoms in total. The van der Waals surface area contributed by atoms with E-state index in [1.165, 1.54) is 28.0 Å². The highest BCUT2D eigenvalue weighted by Crippen LogP contribution is 2.36. The van der Waals surface area contributed by atoms with E-state index in [-0.39, 0.29) is 0 Å². The van der Waals surface area contributed by atoms with Gasteiger partial charge in [-0.1, -0.05) is 11.3 Å². The van der Waals surface area contributed by atoms with Gasteiger partial charge in [-0.15, -0.1) is 15.3 Å². The molecule has 1 aliphatic rings. The van der Waals surface area contributed by atoms with Crippen LogP contribution in [0.15, 0.2) is 40.4 Å². The molecule has 12 heteroatoms. The third-order valence-electron chi connectivity index (χ3n) is 5.17. The molecule has 0 spiro atoms. The predicted molar refractivity (Wildman–Crippen MR) is 128 cm³/mol. The van der Waals surface area contributed by atoms with Crippen molar-refractivity contribution < 1.29 is 14.6 Å². The van der Waals surface area contributed by atoms with Gasteiger partial charge in [0.15, 0.2) is 10.8 Å². The molecule has 0 saturated carbocycles. The number of hydrogen-bond acceptors (Lipinski definition) is 9. The van der Waals surface area contributed by atoms with Gasteiger partial charge in [0.25, 0.3) is 0 Å². The molecule has 1 aliphatic heterocycles. The second-order valence-corrected chi connectivity index (χ2v) is 10.6. The largest absolute Gasteiger partial charge is 0.465 e. The average Bonchev–Trinajstić information content (AvgIpc) is 3.36. The number of benzene rings is 1. The van der Waals surface area contributed by atoms with Crippen molar-refractivity contribution in [2.24, 2.45) is 0 Å². The molecule has 0 bridgehead atoms. The second-order valence-electron chi connectivity index (χ2n) is 8.56. The Bertz CT molecular complexity index is 1320. The summed E-state index contributed by atoms with van der Waals surface area (Å²) in [5, 5.41) is 24.1. The van der Waals surface area contributed by atoms with Crippen molar-refractivity contribution in [2.75, 3.05) is 36.1 Å². The van der Waals surface area contributed by atoms with E-state index in [1.807, 2.05) is 51.1 Å². The minimum Gasteiger partial charge on any atom is -0.465 e. The molecule has 1 fully saturated rings. The van der Waals surface area contributed by atoms with Crippen LogP contribution in [0.2, 0.25) is 0 Å². The van der Waals surface area contributed by atoms with E-state index in [2.05, 4.69) is 20.1 Å². The molecule has 0 aliphatic carbocycles. The molecule has 1 aromatic carbocycles. The highest BCUT2D eigenvalue weighted by atomic mass is 32.2. The van der Waals surface area contributed by atoms with Crippen LogP contribution in [0.1, 0.15) is 20.8 Å². The van der Waals surface area contributed by atoms with Gasteiger partial charge in [-0.2, -0.15) is 4.52 Å². The van der Waals surface area contributed by atoms with Crippen LogP contribution in [0.5, 0.6) is 0 Å². The van der Waals surface area contributed by atoms with E-state index >= 15 is 0 Å². The van der Waals surface area contributed by atoms with Crippen LogP contribution in [-0.2, 0) is 4.74 Å². The van der Waals surface area contributed by atoms with Gasteiger partial charge < -0.3 is 14.7 Å². The lowest BCUT2D eigenvalue weighted by atomic mass is 10.1. The predicted octanol–water partition coefficient (Wildman–Crippen LogP) is 4.00. The fourth-order valence-corrected chi connectivity index (χ4v) is 5.69. The van der Waals surface area contributed by atoms with Gasteiger partial charge in [-0.3, -0.25) is 0 Å². The zero-order chi connectivity index (χ0) is 23.2. The number of morpholine rings is 1. The lowest BCUT2D eigenvalue weighted by molar-refractivity contribution is 0.122. The Morgan fingerprint density at radius 3 is 2.70 bits per heavy atom. The van der Waals surface area contributed by atoms with E-state index in [1.54, 1.807) is 4.52 Å². The maximum atomic E-state index is 11.8. The fraction of sp³-hybridized carbons (Fsp3) is 0.381. The topological polar surface area (TPSA) is 109 Å². The summed E-state index contributed by atoms with van der Waals surface area (Å²) in [6.45, 7) is 8.53. The van der Waals surface area contributed by atoms with E-state index in [0.29, 0.717) is 29.1 Å². The molecule has 0 radical (unpaired) electrons. The van der Waals surface area contributed by atoms with Gasteiger partial charge in [0, 0.05) is 23.5 Å². The van der Waals surface area contributed by atoms with Crippen LogP contribution in [0.4, 0.5) is 15.7 Å². The first kappa shape index (κ1) is 21.9. The Hall–Kier alpha value is -2.96. The smallest absolute Gasteiger partial charge is 0.414 e. The Morgan fingerprint density at radius 1 is 1.18 bits per heavy atom. The van der Waals surface area contributed by atoms with Gasteiger partial charge in [0.1, 0.15) is 5.82 Å². The van der Waals surface area contributed by atoms with Crippen LogP contribution in [-0.4, -0.2) is 67.8 Å². The van der Waals surface area contributed by atoms with E-state index in [0.717, 1.165) is 34.0 Å². The highest BCUT2D eigenvalue weighted by molar-refractivity contribution is 7.99. The molecule has 3 aromatic heterocycles. The Kier molecular flexibility index (Phi) is 5.59. The first-order valence-electron chi connectivity index (χ1n) is 10.5. The molecular formula is C21H23N7O3S2. The van der Waals surface area contributed by atoms with Crippen LogP contribution in [0, 0.1) is 0 Å². The van der Waals surface area contributed by atoms with Gasteiger partial charge in [-0.25, -0.2) is 14.7 Å². The van der Waals surface area contributed by atoms with Gasteiger partial charge in [-0.05, 0) is 62.9 Å². The summed E-state index contributed by atoms with van der Waals surface area (Å²) in [7, 11) is 0. The summed E-state index contributed by atoms with van der Waals surface area (Å²) < 4.78 is 8.09. The molecule has 0 unspecified atom stereocenters. The molecule has 1 amide bonds. The fourth-order valence-electron chi connectivity index (χ4n) is 3.60. The molecule has 1 N–H and O–H groups in total. The number of fused-ring (bicyclic) bond motifs is 2. The van der Waals surface area contributed by atoms with Crippen molar-refractivity contribution in [1.29, 1.82) is 0 Å².